The zero-order valence-corrected chi connectivity index (χ0v) is 14.2. The molecule has 26 heavy (non-hydrogen) atoms. The molecule has 1 aromatic carbocycles. The van der Waals surface area contributed by atoms with E-state index in [0.29, 0.717) is 11.1 Å². The van der Waals surface area contributed by atoms with Crippen molar-refractivity contribution >= 4 is 24.1 Å². The quantitative estimate of drug-likeness (QED) is 0.377. The second-order valence-electron chi connectivity index (χ2n) is 5.62. The van der Waals surface area contributed by atoms with Crippen LogP contribution in [-0.4, -0.2) is 38.7 Å². The van der Waals surface area contributed by atoms with Crippen LogP contribution in [0.1, 0.15) is 29.5 Å². The van der Waals surface area contributed by atoms with Crippen molar-refractivity contribution in [2.45, 2.75) is 24.5 Å². The van der Waals surface area contributed by atoms with Gasteiger partial charge in [0, 0.05) is 17.6 Å². The minimum Gasteiger partial charge on any atom is -0.478 e. The summed E-state index contributed by atoms with van der Waals surface area (Å²) in [6.45, 7) is 7.51. The van der Waals surface area contributed by atoms with Crippen molar-refractivity contribution in [1.29, 1.82) is 0 Å². The average Bonchev–Trinajstić information content (AvgIpc) is 2.60. The lowest BCUT2D eigenvalue weighted by molar-refractivity contribution is -0.132. The molecule has 6 nitrogen and oxygen atoms in total. The Kier molecular flexibility index (Phi) is 7.71. The molecule has 1 aromatic rings. The maximum absolute atomic E-state index is 11.1. The fourth-order valence-electron chi connectivity index (χ4n) is 2.74. The van der Waals surface area contributed by atoms with Gasteiger partial charge in [-0.1, -0.05) is 55.7 Å². The van der Waals surface area contributed by atoms with E-state index in [-0.39, 0.29) is 12.8 Å². The highest BCUT2D eigenvalue weighted by molar-refractivity contribution is 5.82. The van der Waals surface area contributed by atoms with Crippen LogP contribution >= 0.6 is 0 Å². The number of carboxylic acid groups (broad SMARTS) is 2. The van der Waals surface area contributed by atoms with Crippen molar-refractivity contribution in [2.75, 3.05) is 0 Å². The fourth-order valence-corrected chi connectivity index (χ4v) is 2.74. The van der Waals surface area contributed by atoms with Gasteiger partial charge in [0.25, 0.3) is 0 Å². The summed E-state index contributed by atoms with van der Waals surface area (Å²) in [4.78, 5) is 22.1. The number of allylic oxidation sites excluding steroid dienone is 2. The van der Waals surface area contributed by atoms with Gasteiger partial charge >= 0.3 is 11.9 Å². The largest absolute Gasteiger partial charge is 0.478 e. The highest BCUT2D eigenvalue weighted by Crippen LogP contribution is 2.37. The lowest BCUT2D eigenvalue weighted by Crippen LogP contribution is -2.25. The molecule has 0 radical (unpaired) electrons. The maximum atomic E-state index is 11.1. The van der Waals surface area contributed by atoms with E-state index < -0.39 is 23.6 Å². The molecular weight excluding hydrogens is 336 g/mol. The molecule has 6 heteroatoms. The first-order chi connectivity index (χ1) is 12.3. The van der Waals surface area contributed by atoms with Crippen LogP contribution in [0.3, 0.4) is 0 Å². The normalized spacial score (nSPS) is 13.8. The molecule has 4 N–H and O–H groups in total. The van der Waals surface area contributed by atoms with Crippen LogP contribution < -0.4 is 0 Å². The number of aliphatic carboxylic acids is 2. The van der Waals surface area contributed by atoms with Crippen molar-refractivity contribution in [3.63, 3.8) is 0 Å². The van der Waals surface area contributed by atoms with Gasteiger partial charge in [-0.15, -0.1) is 0 Å². The Hall–Kier alpha value is -2.96. The summed E-state index contributed by atoms with van der Waals surface area (Å²) < 4.78 is 0. The van der Waals surface area contributed by atoms with E-state index in [1.54, 1.807) is 30.4 Å². The van der Waals surface area contributed by atoms with Crippen molar-refractivity contribution in [2.24, 2.45) is 0 Å². The fraction of sp³-hybridized carbons (Fsp3) is 0.200. The average molecular weight is 358 g/mol. The second kappa shape index (κ2) is 9.50. The Balaban J connectivity index is 3.74. The third kappa shape index (κ3) is 5.54. The van der Waals surface area contributed by atoms with Crippen molar-refractivity contribution < 1.29 is 30.0 Å². The minimum atomic E-state index is -1.62. The summed E-state index contributed by atoms with van der Waals surface area (Å²) in [5, 5.41) is 36.7. The number of rotatable bonds is 10. The number of carboxylic acids is 2. The van der Waals surface area contributed by atoms with E-state index >= 15 is 0 Å². The molecule has 0 heterocycles. The van der Waals surface area contributed by atoms with Gasteiger partial charge in [-0.3, -0.25) is 0 Å². The third-order valence-electron chi connectivity index (χ3n) is 3.93. The maximum Gasteiger partial charge on any atom is 0.328 e. The molecular formula is C20H22O6. The SMILES string of the molecule is C=Cc1cccc(C(C=CC(=O)O)(C=CC(=O)O)CCC(O)O)c1C=C. The van der Waals surface area contributed by atoms with Crippen LogP contribution in [-0.2, 0) is 15.0 Å². The van der Waals surface area contributed by atoms with Crippen LogP contribution in [0.25, 0.3) is 12.2 Å². The number of hydrogen-bond acceptors (Lipinski definition) is 4. The second-order valence-corrected chi connectivity index (χ2v) is 5.62. The van der Waals surface area contributed by atoms with Crippen molar-refractivity contribution in [3.05, 3.63) is 72.4 Å². The molecule has 0 aliphatic rings. The van der Waals surface area contributed by atoms with Gasteiger partial charge < -0.3 is 20.4 Å². The van der Waals surface area contributed by atoms with Gasteiger partial charge in [0.15, 0.2) is 6.29 Å². The van der Waals surface area contributed by atoms with Gasteiger partial charge in [-0.2, -0.15) is 0 Å². The molecule has 0 aromatic heterocycles. The molecule has 0 amide bonds. The highest BCUT2D eigenvalue weighted by atomic mass is 16.5. The van der Waals surface area contributed by atoms with Crippen LogP contribution in [0.4, 0.5) is 0 Å². The Bertz CT molecular complexity index is 719. The summed E-state index contributed by atoms with van der Waals surface area (Å²) in [5.41, 5.74) is 0.780. The predicted octanol–water partition coefficient (Wildman–Crippen LogP) is 2.58. The Morgan fingerprint density at radius 3 is 2.04 bits per heavy atom. The third-order valence-corrected chi connectivity index (χ3v) is 3.93. The molecule has 0 aliphatic heterocycles. The summed E-state index contributed by atoms with van der Waals surface area (Å²) in [6, 6.07) is 5.24. The van der Waals surface area contributed by atoms with Crippen LogP contribution in [0.5, 0.6) is 0 Å². The molecule has 0 fully saturated rings. The highest BCUT2D eigenvalue weighted by Gasteiger charge is 2.30. The summed E-state index contributed by atoms with van der Waals surface area (Å²) in [5.74, 6) is -2.41. The van der Waals surface area contributed by atoms with E-state index in [1.165, 1.54) is 12.2 Å². The number of aliphatic hydroxyl groups excluding tert-OH is 1. The summed E-state index contributed by atoms with van der Waals surface area (Å²) in [7, 11) is 0. The zero-order valence-electron chi connectivity index (χ0n) is 14.2. The summed E-state index contributed by atoms with van der Waals surface area (Å²) in [6.07, 6.45) is 6.02. The van der Waals surface area contributed by atoms with Crippen LogP contribution in [0, 0.1) is 0 Å². The number of hydrogen-bond donors (Lipinski definition) is 4. The topological polar surface area (TPSA) is 115 Å². The Morgan fingerprint density at radius 2 is 1.62 bits per heavy atom. The van der Waals surface area contributed by atoms with Gasteiger partial charge in [0.2, 0.25) is 0 Å². The van der Waals surface area contributed by atoms with E-state index in [0.717, 1.165) is 17.7 Å². The van der Waals surface area contributed by atoms with Gasteiger partial charge in [0.1, 0.15) is 0 Å². The number of benzene rings is 1. The Labute approximate surface area is 151 Å². The molecule has 0 aliphatic carbocycles. The van der Waals surface area contributed by atoms with Crippen LogP contribution in [0.15, 0.2) is 55.7 Å². The van der Waals surface area contributed by atoms with E-state index in [2.05, 4.69) is 13.2 Å². The van der Waals surface area contributed by atoms with Gasteiger partial charge in [-0.05, 0) is 29.5 Å². The lowest BCUT2D eigenvalue weighted by Gasteiger charge is -2.31. The minimum absolute atomic E-state index is 0.0691. The van der Waals surface area contributed by atoms with Crippen molar-refractivity contribution in [3.8, 4) is 0 Å². The zero-order chi connectivity index (χ0) is 19.7. The first-order valence-electron chi connectivity index (χ1n) is 7.84. The smallest absolute Gasteiger partial charge is 0.328 e. The van der Waals surface area contributed by atoms with E-state index in [4.69, 9.17) is 10.2 Å². The van der Waals surface area contributed by atoms with Crippen LogP contribution in [0.2, 0.25) is 0 Å². The molecule has 0 atom stereocenters. The van der Waals surface area contributed by atoms with E-state index in [1.807, 2.05) is 0 Å². The first kappa shape index (κ1) is 21.1. The predicted molar refractivity (Wildman–Crippen MR) is 99.3 cm³/mol. The number of carbonyl (C=O) groups is 2. The molecule has 1 rings (SSSR count). The van der Waals surface area contributed by atoms with Crippen molar-refractivity contribution in [1.82, 2.24) is 0 Å². The number of aliphatic hydroxyl groups is 2. The van der Waals surface area contributed by atoms with Gasteiger partial charge in [0.05, 0.1) is 0 Å². The van der Waals surface area contributed by atoms with E-state index in [9.17, 15) is 19.8 Å². The molecule has 0 spiro atoms. The molecule has 0 saturated heterocycles. The molecule has 0 saturated carbocycles. The molecule has 0 unspecified atom stereocenters. The van der Waals surface area contributed by atoms with Gasteiger partial charge in [-0.25, -0.2) is 9.59 Å². The molecule has 138 valence electrons. The standard InChI is InChI=1S/C20H22O6/c1-3-14-6-5-7-16(15(14)4-2)20(11-8-17(21)22,12-9-18(23)24)13-10-19(25)26/h3-9,11-12,19,25-26H,1-2,10,13H2,(H,21,22)(H,23,24). The first-order valence-corrected chi connectivity index (χ1v) is 7.84. The Morgan fingerprint density at radius 1 is 1.04 bits per heavy atom. The summed E-state index contributed by atoms with van der Waals surface area (Å²) >= 11 is 0. The lowest BCUT2D eigenvalue weighted by atomic mass is 9.73. The monoisotopic (exact) mass is 358 g/mol. The molecule has 0 bridgehead atoms.